The molecular formula is C13H10INO3. The van der Waals surface area contributed by atoms with Gasteiger partial charge in [0.25, 0.3) is 0 Å². The molecule has 1 aromatic carbocycles. The van der Waals surface area contributed by atoms with E-state index in [1.54, 1.807) is 24.5 Å². The zero-order chi connectivity index (χ0) is 13.0. The third-order valence-corrected chi connectivity index (χ3v) is 2.99. The molecule has 0 fully saturated rings. The molecule has 0 spiro atoms. The molecule has 4 nitrogen and oxygen atoms in total. The molecule has 0 unspecified atom stereocenters. The number of rotatable bonds is 4. The van der Waals surface area contributed by atoms with E-state index in [1.807, 2.05) is 18.2 Å². The normalized spacial score (nSPS) is 10.1. The third kappa shape index (κ3) is 3.19. The minimum Gasteiger partial charge on any atom is -0.488 e. The topological polar surface area (TPSA) is 59.4 Å². The molecule has 2 rings (SSSR count). The minimum absolute atomic E-state index is 0.177. The van der Waals surface area contributed by atoms with Crippen molar-refractivity contribution in [1.29, 1.82) is 0 Å². The Labute approximate surface area is 118 Å². The standard InChI is InChI=1S/C13H10INO3/c14-10-1-2-12(11(7-10)13(16)17)18-8-9-3-5-15-6-4-9/h1-7H,8H2,(H,16,17). The van der Waals surface area contributed by atoms with Gasteiger partial charge < -0.3 is 9.84 Å². The molecule has 0 aliphatic carbocycles. The Morgan fingerprint density at radius 1 is 1.28 bits per heavy atom. The van der Waals surface area contributed by atoms with Gasteiger partial charge >= 0.3 is 5.97 Å². The van der Waals surface area contributed by atoms with Crippen LogP contribution >= 0.6 is 22.6 Å². The van der Waals surface area contributed by atoms with Crippen LogP contribution in [0, 0.1) is 3.57 Å². The van der Waals surface area contributed by atoms with Gasteiger partial charge in [0.15, 0.2) is 0 Å². The molecule has 0 radical (unpaired) electrons. The van der Waals surface area contributed by atoms with Crippen LogP contribution < -0.4 is 4.74 Å². The summed E-state index contributed by atoms with van der Waals surface area (Å²) in [5.41, 5.74) is 1.12. The maximum Gasteiger partial charge on any atom is 0.339 e. The van der Waals surface area contributed by atoms with Crippen molar-refractivity contribution in [1.82, 2.24) is 4.98 Å². The van der Waals surface area contributed by atoms with Crippen LogP contribution in [0.25, 0.3) is 0 Å². The number of carbonyl (C=O) groups is 1. The average Bonchev–Trinajstić information content (AvgIpc) is 2.38. The number of aromatic carboxylic acids is 1. The van der Waals surface area contributed by atoms with Gasteiger partial charge in [-0.05, 0) is 58.5 Å². The Hall–Kier alpha value is -1.63. The highest BCUT2D eigenvalue weighted by Crippen LogP contribution is 2.22. The van der Waals surface area contributed by atoms with Crippen molar-refractivity contribution >= 4 is 28.6 Å². The molecule has 0 amide bonds. The average molecular weight is 355 g/mol. The predicted octanol–water partition coefficient (Wildman–Crippen LogP) is 2.96. The molecule has 5 heteroatoms. The van der Waals surface area contributed by atoms with Crippen molar-refractivity contribution in [3.8, 4) is 5.75 Å². The van der Waals surface area contributed by atoms with E-state index in [4.69, 9.17) is 9.84 Å². The molecule has 0 aliphatic rings. The van der Waals surface area contributed by atoms with E-state index < -0.39 is 5.97 Å². The molecule has 1 N–H and O–H groups in total. The van der Waals surface area contributed by atoms with Crippen LogP contribution in [0.2, 0.25) is 0 Å². The highest BCUT2D eigenvalue weighted by molar-refractivity contribution is 14.1. The second-order valence-electron chi connectivity index (χ2n) is 3.59. The lowest BCUT2D eigenvalue weighted by molar-refractivity contribution is 0.0691. The summed E-state index contributed by atoms with van der Waals surface area (Å²) in [7, 11) is 0. The molecular weight excluding hydrogens is 345 g/mol. The van der Waals surface area contributed by atoms with E-state index in [0.29, 0.717) is 12.4 Å². The summed E-state index contributed by atoms with van der Waals surface area (Å²) < 4.78 is 6.39. The number of benzene rings is 1. The first kappa shape index (κ1) is 12.8. The fourth-order valence-electron chi connectivity index (χ4n) is 1.44. The summed E-state index contributed by atoms with van der Waals surface area (Å²) >= 11 is 2.07. The molecule has 0 saturated carbocycles. The van der Waals surface area contributed by atoms with Crippen LogP contribution in [0.5, 0.6) is 5.75 Å². The van der Waals surface area contributed by atoms with Crippen molar-refractivity contribution < 1.29 is 14.6 Å². The Bertz CT molecular complexity index is 557. The van der Waals surface area contributed by atoms with Crippen molar-refractivity contribution in [2.24, 2.45) is 0 Å². The number of aromatic nitrogens is 1. The molecule has 1 aromatic heterocycles. The van der Waals surface area contributed by atoms with Crippen LogP contribution in [0.3, 0.4) is 0 Å². The highest BCUT2D eigenvalue weighted by atomic mass is 127. The predicted molar refractivity (Wildman–Crippen MR) is 74.7 cm³/mol. The monoisotopic (exact) mass is 355 g/mol. The van der Waals surface area contributed by atoms with Gasteiger partial charge in [-0.1, -0.05) is 0 Å². The summed E-state index contributed by atoms with van der Waals surface area (Å²) in [4.78, 5) is 15.0. The van der Waals surface area contributed by atoms with E-state index in [0.717, 1.165) is 9.13 Å². The van der Waals surface area contributed by atoms with Gasteiger partial charge in [-0.2, -0.15) is 0 Å². The van der Waals surface area contributed by atoms with E-state index in [2.05, 4.69) is 27.6 Å². The first-order chi connectivity index (χ1) is 8.66. The van der Waals surface area contributed by atoms with Gasteiger partial charge in [-0.3, -0.25) is 4.98 Å². The van der Waals surface area contributed by atoms with Crippen molar-refractivity contribution in [2.75, 3.05) is 0 Å². The van der Waals surface area contributed by atoms with Crippen LogP contribution in [-0.2, 0) is 6.61 Å². The fraction of sp³-hybridized carbons (Fsp3) is 0.0769. The molecule has 18 heavy (non-hydrogen) atoms. The lowest BCUT2D eigenvalue weighted by Gasteiger charge is -2.09. The van der Waals surface area contributed by atoms with Gasteiger partial charge in [0.05, 0.1) is 0 Å². The Morgan fingerprint density at radius 3 is 2.67 bits per heavy atom. The molecule has 0 saturated heterocycles. The van der Waals surface area contributed by atoms with Gasteiger partial charge in [-0.15, -0.1) is 0 Å². The van der Waals surface area contributed by atoms with Gasteiger partial charge in [0, 0.05) is 16.0 Å². The Kier molecular flexibility index (Phi) is 4.14. The SMILES string of the molecule is O=C(O)c1cc(I)ccc1OCc1ccncc1. The number of pyridine rings is 1. The van der Waals surface area contributed by atoms with E-state index >= 15 is 0 Å². The van der Waals surface area contributed by atoms with Gasteiger partial charge in [-0.25, -0.2) is 4.79 Å². The zero-order valence-electron chi connectivity index (χ0n) is 9.34. The van der Waals surface area contributed by atoms with E-state index in [9.17, 15) is 4.79 Å². The van der Waals surface area contributed by atoms with E-state index in [-0.39, 0.29) is 5.56 Å². The van der Waals surface area contributed by atoms with Crippen LogP contribution in [0.1, 0.15) is 15.9 Å². The maximum absolute atomic E-state index is 11.1. The first-order valence-electron chi connectivity index (χ1n) is 5.21. The van der Waals surface area contributed by atoms with Crippen LogP contribution in [0.4, 0.5) is 0 Å². The minimum atomic E-state index is -0.988. The van der Waals surface area contributed by atoms with Crippen molar-refractivity contribution in [2.45, 2.75) is 6.61 Å². The number of halogens is 1. The zero-order valence-corrected chi connectivity index (χ0v) is 11.5. The van der Waals surface area contributed by atoms with Crippen molar-refractivity contribution in [3.63, 3.8) is 0 Å². The summed E-state index contributed by atoms with van der Waals surface area (Å²) in [6.45, 7) is 0.323. The molecule has 0 aliphatic heterocycles. The summed E-state index contributed by atoms with van der Waals surface area (Å²) in [6, 6.07) is 8.73. The molecule has 92 valence electrons. The quantitative estimate of drug-likeness (QED) is 0.857. The summed E-state index contributed by atoms with van der Waals surface area (Å²) in [6.07, 6.45) is 3.34. The van der Waals surface area contributed by atoms with Crippen LogP contribution in [-0.4, -0.2) is 16.1 Å². The summed E-state index contributed by atoms with van der Waals surface area (Å²) in [5, 5.41) is 9.09. The number of ether oxygens (including phenoxy) is 1. The Balaban J connectivity index is 2.17. The number of nitrogens with zero attached hydrogens (tertiary/aromatic N) is 1. The largest absolute Gasteiger partial charge is 0.488 e. The highest BCUT2D eigenvalue weighted by Gasteiger charge is 2.11. The fourth-order valence-corrected chi connectivity index (χ4v) is 1.93. The van der Waals surface area contributed by atoms with Gasteiger partial charge in [0.1, 0.15) is 17.9 Å². The molecule has 1 heterocycles. The molecule has 0 bridgehead atoms. The molecule has 0 atom stereocenters. The first-order valence-corrected chi connectivity index (χ1v) is 6.29. The number of hydrogen-bond donors (Lipinski definition) is 1. The molecule has 2 aromatic rings. The Morgan fingerprint density at radius 2 is 2.00 bits per heavy atom. The van der Waals surface area contributed by atoms with Crippen LogP contribution in [0.15, 0.2) is 42.7 Å². The number of carboxylic acid groups (broad SMARTS) is 1. The number of carboxylic acids is 1. The van der Waals surface area contributed by atoms with Gasteiger partial charge in [0.2, 0.25) is 0 Å². The van der Waals surface area contributed by atoms with E-state index in [1.165, 1.54) is 0 Å². The number of hydrogen-bond acceptors (Lipinski definition) is 3. The second kappa shape index (κ2) is 5.81. The third-order valence-electron chi connectivity index (χ3n) is 2.32. The summed E-state index contributed by atoms with van der Waals surface area (Å²) in [5.74, 6) is -0.613. The second-order valence-corrected chi connectivity index (χ2v) is 4.84. The lowest BCUT2D eigenvalue weighted by atomic mass is 10.2. The smallest absolute Gasteiger partial charge is 0.339 e. The maximum atomic E-state index is 11.1. The lowest BCUT2D eigenvalue weighted by Crippen LogP contribution is -2.03. The van der Waals surface area contributed by atoms with Crippen molar-refractivity contribution in [3.05, 3.63) is 57.4 Å².